The summed E-state index contributed by atoms with van der Waals surface area (Å²) in [5.41, 5.74) is 7.65. The molecule has 1 aliphatic rings. The van der Waals surface area contributed by atoms with Crippen molar-refractivity contribution in [3.63, 3.8) is 0 Å². The van der Waals surface area contributed by atoms with Crippen molar-refractivity contribution in [1.29, 1.82) is 0 Å². The molecule has 0 bridgehead atoms. The quantitative estimate of drug-likeness (QED) is 0.727. The Morgan fingerprint density at radius 1 is 1.50 bits per heavy atom. The summed E-state index contributed by atoms with van der Waals surface area (Å²) < 4.78 is 5.19. The van der Waals surface area contributed by atoms with Gasteiger partial charge in [-0.15, -0.1) is 0 Å². The van der Waals surface area contributed by atoms with E-state index < -0.39 is 0 Å². The van der Waals surface area contributed by atoms with Gasteiger partial charge in [-0.3, -0.25) is 0 Å². The number of anilines is 2. The van der Waals surface area contributed by atoms with Crippen LogP contribution in [0.3, 0.4) is 0 Å². The lowest BCUT2D eigenvalue weighted by Gasteiger charge is -2.40. The number of nitrogens with zero attached hydrogens (tertiary/aromatic N) is 1. The Kier molecular flexibility index (Phi) is 2.23. The highest BCUT2D eigenvalue weighted by atomic mass is 16.5. The fraction of sp³-hybridized carbons (Fsp3) is 0.455. The van der Waals surface area contributed by atoms with Crippen LogP contribution < -0.4 is 15.4 Å². The zero-order valence-electron chi connectivity index (χ0n) is 8.66. The highest BCUT2D eigenvalue weighted by Gasteiger charge is 2.23. The molecule has 76 valence electrons. The molecule has 1 heterocycles. The highest BCUT2D eigenvalue weighted by molar-refractivity contribution is 5.63. The van der Waals surface area contributed by atoms with Crippen LogP contribution in [0.25, 0.3) is 0 Å². The second kappa shape index (κ2) is 3.40. The smallest absolute Gasteiger partial charge is 0.143 e. The lowest BCUT2D eigenvalue weighted by atomic mass is 10.0. The lowest BCUT2D eigenvalue weighted by Crippen LogP contribution is -2.45. The number of rotatable bonds is 2. The van der Waals surface area contributed by atoms with Crippen LogP contribution in [-0.2, 0) is 0 Å². The van der Waals surface area contributed by atoms with Crippen LogP contribution in [0.1, 0.15) is 13.3 Å². The second-order valence-electron chi connectivity index (χ2n) is 3.76. The van der Waals surface area contributed by atoms with Gasteiger partial charge in [-0.05, 0) is 25.5 Å². The summed E-state index contributed by atoms with van der Waals surface area (Å²) in [5, 5.41) is 0. The standard InChI is InChI=1S/C11H16N2O/c1-8-5-6-13(8)9-3-4-10(12)11(7-9)14-2/h3-4,7-8H,5-6,12H2,1-2H3. The molecule has 1 fully saturated rings. The Labute approximate surface area is 84.5 Å². The number of nitrogens with two attached hydrogens (primary N) is 1. The topological polar surface area (TPSA) is 38.5 Å². The summed E-state index contributed by atoms with van der Waals surface area (Å²) in [5.74, 6) is 0.765. The number of hydrogen-bond donors (Lipinski definition) is 1. The first-order valence-electron chi connectivity index (χ1n) is 4.92. The minimum absolute atomic E-state index is 0.642. The number of methoxy groups -OCH3 is 1. The monoisotopic (exact) mass is 192 g/mol. The maximum atomic E-state index is 5.75. The van der Waals surface area contributed by atoms with Crippen molar-refractivity contribution < 1.29 is 4.74 Å². The molecule has 0 amide bonds. The molecule has 1 atom stereocenters. The maximum absolute atomic E-state index is 5.75. The highest BCUT2D eigenvalue weighted by Crippen LogP contribution is 2.32. The molecule has 1 aromatic carbocycles. The molecular weight excluding hydrogens is 176 g/mol. The number of ether oxygens (including phenoxy) is 1. The van der Waals surface area contributed by atoms with Crippen molar-refractivity contribution >= 4 is 11.4 Å². The van der Waals surface area contributed by atoms with Gasteiger partial charge in [0.25, 0.3) is 0 Å². The normalized spacial score (nSPS) is 20.4. The number of nitrogen functional groups attached to an aromatic ring is 1. The van der Waals surface area contributed by atoms with Crippen LogP contribution >= 0.6 is 0 Å². The summed E-state index contributed by atoms with van der Waals surface area (Å²) in [4.78, 5) is 2.35. The van der Waals surface area contributed by atoms with Crippen molar-refractivity contribution in [2.45, 2.75) is 19.4 Å². The molecule has 1 unspecified atom stereocenters. The van der Waals surface area contributed by atoms with E-state index in [1.54, 1.807) is 7.11 Å². The summed E-state index contributed by atoms with van der Waals surface area (Å²) in [6, 6.07) is 6.60. The molecule has 1 saturated heterocycles. The molecule has 0 saturated carbocycles. The average Bonchev–Trinajstić information content (AvgIpc) is 2.18. The average molecular weight is 192 g/mol. The predicted octanol–water partition coefficient (Wildman–Crippen LogP) is 1.88. The van der Waals surface area contributed by atoms with Gasteiger partial charge in [-0.1, -0.05) is 0 Å². The van der Waals surface area contributed by atoms with Gasteiger partial charge in [0.2, 0.25) is 0 Å². The van der Waals surface area contributed by atoms with E-state index in [0.29, 0.717) is 11.7 Å². The molecular formula is C11H16N2O. The third kappa shape index (κ3) is 1.39. The van der Waals surface area contributed by atoms with E-state index in [9.17, 15) is 0 Å². The zero-order valence-corrected chi connectivity index (χ0v) is 8.66. The SMILES string of the molecule is COc1cc(N2CCC2C)ccc1N. The first kappa shape index (κ1) is 9.19. The van der Waals surface area contributed by atoms with E-state index in [0.717, 1.165) is 12.3 Å². The van der Waals surface area contributed by atoms with Crippen LogP contribution in [0, 0.1) is 0 Å². The van der Waals surface area contributed by atoms with Gasteiger partial charge in [0, 0.05) is 24.3 Å². The molecule has 1 aromatic rings. The Morgan fingerprint density at radius 2 is 2.29 bits per heavy atom. The minimum atomic E-state index is 0.642. The third-order valence-electron chi connectivity index (χ3n) is 2.87. The fourth-order valence-electron chi connectivity index (χ4n) is 1.78. The predicted molar refractivity (Wildman–Crippen MR) is 58.8 cm³/mol. The first-order chi connectivity index (χ1) is 6.72. The lowest BCUT2D eigenvalue weighted by molar-refractivity contribution is 0.415. The van der Waals surface area contributed by atoms with Crippen molar-refractivity contribution in [1.82, 2.24) is 0 Å². The molecule has 0 aliphatic carbocycles. The van der Waals surface area contributed by atoms with Gasteiger partial charge in [0.1, 0.15) is 5.75 Å². The molecule has 3 heteroatoms. The van der Waals surface area contributed by atoms with E-state index in [1.165, 1.54) is 12.1 Å². The summed E-state index contributed by atoms with van der Waals surface area (Å²) in [6.07, 6.45) is 1.27. The fourth-order valence-corrected chi connectivity index (χ4v) is 1.78. The molecule has 0 spiro atoms. The summed E-state index contributed by atoms with van der Waals surface area (Å²) in [7, 11) is 1.65. The number of benzene rings is 1. The van der Waals surface area contributed by atoms with Crippen LogP contribution in [0.4, 0.5) is 11.4 Å². The minimum Gasteiger partial charge on any atom is -0.495 e. The van der Waals surface area contributed by atoms with Crippen LogP contribution in [0.15, 0.2) is 18.2 Å². The van der Waals surface area contributed by atoms with Crippen LogP contribution in [-0.4, -0.2) is 19.7 Å². The summed E-state index contributed by atoms with van der Waals surface area (Å²) >= 11 is 0. The maximum Gasteiger partial charge on any atom is 0.143 e. The van der Waals surface area contributed by atoms with Gasteiger partial charge < -0.3 is 15.4 Å². The van der Waals surface area contributed by atoms with Gasteiger partial charge in [-0.2, -0.15) is 0 Å². The Morgan fingerprint density at radius 3 is 2.79 bits per heavy atom. The van der Waals surface area contributed by atoms with E-state index in [-0.39, 0.29) is 0 Å². The van der Waals surface area contributed by atoms with Gasteiger partial charge >= 0.3 is 0 Å². The van der Waals surface area contributed by atoms with E-state index in [4.69, 9.17) is 10.5 Å². The van der Waals surface area contributed by atoms with Crippen molar-refractivity contribution in [2.75, 3.05) is 24.3 Å². The van der Waals surface area contributed by atoms with Crippen LogP contribution in [0.5, 0.6) is 5.75 Å². The van der Waals surface area contributed by atoms with Crippen LogP contribution in [0.2, 0.25) is 0 Å². The number of hydrogen-bond acceptors (Lipinski definition) is 3. The van der Waals surface area contributed by atoms with Crippen molar-refractivity contribution in [3.05, 3.63) is 18.2 Å². The zero-order chi connectivity index (χ0) is 10.1. The van der Waals surface area contributed by atoms with Crippen molar-refractivity contribution in [2.24, 2.45) is 0 Å². The largest absolute Gasteiger partial charge is 0.495 e. The second-order valence-corrected chi connectivity index (χ2v) is 3.76. The molecule has 14 heavy (non-hydrogen) atoms. The third-order valence-corrected chi connectivity index (χ3v) is 2.87. The van der Waals surface area contributed by atoms with E-state index in [1.807, 2.05) is 18.2 Å². The Balaban J connectivity index is 2.26. The van der Waals surface area contributed by atoms with Gasteiger partial charge in [-0.25, -0.2) is 0 Å². The molecule has 2 rings (SSSR count). The molecule has 1 aliphatic heterocycles. The first-order valence-corrected chi connectivity index (χ1v) is 4.92. The molecule has 2 N–H and O–H groups in total. The van der Waals surface area contributed by atoms with Crippen molar-refractivity contribution in [3.8, 4) is 5.75 Å². The molecule has 0 aromatic heterocycles. The Hall–Kier alpha value is -1.38. The molecule has 3 nitrogen and oxygen atoms in total. The Bertz CT molecular complexity index is 338. The summed E-state index contributed by atoms with van der Waals surface area (Å²) in [6.45, 7) is 3.36. The van der Waals surface area contributed by atoms with E-state index in [2.05, 4.69) is 11.8 Å². The van der Waals surface area contributed by atoms with Gasteiger partial charge in [0.15, 0.2) is 0 Å². The molecule has 0 radical (unpaired) electrons. The van der Waals surface area contributed by atoms with E-state index >= 15 is 0 Å². The van der Waals surface area contributed by atoms with Gasteiger partial charge in [0.05, 0.1) is 12.8 Å².